The molecule has 0 aliphatic rings. The summed E-state index contributed by atoms with van der Waals surface area (Å²) in [7, 11) is 12.7. The van der Waals surface area contributed by atoms with E-state index in [0.717, 1.165) is 16.7 Å². The minimum Gasteiger partial charge on any atom is -0.465 e. The lowest BCUT2D eigenvalue weighted by atomic mass is 10.1. The second-order valence-corrected chi connectivity index (χ2v) is 21.8. The summed E-state index contributed by atoms with van der Waals surface area (Å²) >= 11 is 3.06. The maximum atomic E-state index is 12.1. The van der Waals surface area contributed by atoms with Crippen LogP contribution >= 0.6 is 15.9 Å². The van der Waals surface area contributed by atoms with Crippen LogP contribution in [0.15, 0.2) is 160 Å². The van der Waals surface area contributed by atoms with E-state index < -0.39 is 17.8 Å². The summed E-state index contributed by atoms with van der Waals surface area (Å²) in [5.74, 6) is 4.29. The van der Waals surface area contributed by atoms with E-state index in [0.29, 0.717) is 66.5 Å². The van der Waals surface area contributed by atoms with Crippen LogP contribution in [0, 0.1) is 0 Å². The number of hydrogen-bond donors (Lipinski definition) is 7. The van der Waals surface area contributed by atoms with E-state index in [4.69, 9.17) is 47.5 Å². The molecule has 500 valence electrons. The Labute approximate surface area is 566 Å². The number of rotatable bonds is 14. The number of carbonyl (C=O) groups is 6. The second-order valence-electron chi connectivity index (χ2n) is 20.9. The number of aromatic nitrogens is 12. The first-order chi connectivity index (χ1) is 46.9. The summed E-state index contributed by atoms with van der Waals surface area (Å²) < 4.78 is 21.1. The first kappa shape index (κ1) is 71.0. The van der Waals surface area contributed by atoms with Crippen molar-refractivity contribution in [2.24, 2.45) is 5.84 Å². The quantitative estimate of drug-likeness (QED) is 0.0275. The standard InChI is InChI=1S/C23H20N6O4.C22H20N6O3.C14H16N6O2.C6H6BrN3O2/c1-29(2)22(30)15-8-4-13(5-9-15)17-12-25-19(24)18(26-17)21-28-27-20(33-21)14-6-10-16(11-7-14)23(31)32-3;1-28(2)22(30)16-9-7-14(8-10-16)17-11-24-19(23)18(25-17)21-27-26-20(31-21)15-5-3-13(12-29)4-6-15;1-20(2)14(22)9-5-3-8(4-6-9)10-7-17-12(15)11(18-10)13(21)19-16;1-12-6(11)4-5(8)9-2-3(7)10-4/h4-12H,1-3H3,(H2,24,25);3-11,29H,12H2,1-2H3,(H2,23,24);3-7H,16H2,1-2H3,(H2,15,17)(H,19,21);2H,1H3,(H2,8,9). The van der Waals surface area contributed by atoms with Gasteiger partial charge in [0.25, 0.3) is 35.4 Å². The second kappa shape index (κ2) is 32.3. The molecule has 0 bridgehead atoms. The summed E-state index contributed by atoms with van der Waals surface area (Å²) in [6.45, 7) is -0.0431. The Morgan fingerprint density at radius 2 is 0.776 bits per heavy atom. The number of hydrogen-bond acceptors (Lipinski definition) is 28. The van der Waals surface area contributed by atoms with Crippen LogP contribution in [-0.2, 0) is 16.1 Å². The third-order valence-electron chi connectivity index (χ3n) is 13.6. The highest BCUT2D eigenvalue weighted by molar-refractivity contribution is 9.10. The molecule has 33 heteroatoms. The Hall–Kier alpha value is -12.9. The summed E-state index contributed by atoms with van der Waals surface area (Å²) in [4.78, 5) is 108. The van der Waals surface area contributed by atoms with Crippen LogP contribution in [0.3, 0.4) is 0 Å². The van der Waals surface area contributed by atoms with Crippen molar-refractivity contribution in [1.29, 1.82) is 0 Å². The van der Waals surface area contributed by atoms with Gasteiger partial charge in [-0.15, -0.1) is 20.4 Å². The number of amides is 4. The highest BCUT2D eigenvalue weighted by atomic mass is 79.9. The smallest absolute Gasteiger partial charge is 0.360 e. The van der Waals surface area contributed by atoms with Crippen LogP contribution < -0.4 is 34.2 Å². The van der Waals surface area contributed by atoms with Crippen LogP contribution in [0.25, 0.3) is 79.8 Å². The molecular formula is C65H62BrN21O11. The van der Waals surface area contributed by atoms with Crippen LogP contribution in [-0.4, -0.2) is 172 Å². The maximum Gasteiger partial charge on any atom is 0.360 e. The van der Waals surface area contributed by atoms with Gasteiger partial charge in [-0.05, 0) is 94.3 Å². The SMILES string of the molecule is CN(C)C(=O)c1ccc(-c2cnc(N)c(-c3nnc(-c4ccc(CO)cc4)o3)n2)cc1.CN(C)C(=O)c1ccc(-c2cnc(N)c(C(=O)NN)n2)cc1.COC(=O)c1ccc(-c2nnc(-c3nc(-c4ccc(C(=O)N(C)C)cc4)cnc3N)o2)cc1.COC(=O)c1nc(Br)cnc1N. The number of aliphatic hydroxyl groups excluding tert-OH is 1. The topological polar surface area (TPSA) is 474 Å². The van der Waals surface area contributed by atoms with Crippen molar-refractivity contribution in [1.82, 2.24) is 80.4 Å². The lowest BCUT2D eigenvalue weighted by Crippen LogP contribution is -2.31. The average Bonchev–Trinajstić information content (AvgIpc) is 1.54. The van der Waals surface area contributed by atoms with E-state index in [9.17, 15) is 28.8 Å². The van der Waals surface area contributed by atoms with Gasteiger partial charge >= 0.3 is 11.9 Å². The van der Waals surface area contributed by atoms with Crippen LogP contribution in [0.4, 0.5) is 23.3 Å². The number of hydrazine groups is 1. The Kier molecular flexibility index (Phi) is 23.4. The number of esters is 2. The molecule has 98 heavy (non-hydrogen) atoms. The minimum absolute atomic E-state index is 0.00824. The van der Waals surface area contributed by atoms with Crippen LogP contribution in [0.5, 0.6) is 0 Å². The molecule has 0 saturated heterocycles. The molecular weight excluding hydrogens is 1330 g/mol. The summed E-state index contributed by atoms with van der Waals surface area (Å²) in [5, 5.41) is 25.4. The highest BCUT2D eigenvalue weighted by Gasteiger charge is 2.22. The normalized spacial score (nSPS) is 10.4. The minimum atomic E-state index is -0.619. The lowest BCUT2D eigenvalue weighted by molar-refractivity contribution is 0.0588. The number of aliphatic hydroxyl groups is 1. The molecule has 0 aliphatic heterocycles. The zero-order valence-electron chi connectivity index (χ0n) is 53.6. The molecule has 0 spiro atoms. The summed E-state index contributed by atoms with van der Waals surface area (Å²) in [5.41, 5.74) is 33.4. The number of halogens is 1. The predicted octanol–water partition coefficient (Wildman–Crippen LogP) is 6.21. The van der Waals surface area contributed by atoms with Crippen molar-refractivity contribution in [2.45, 2.75) is 6.61 Å². The number of nitrogens with one attached hydrogen (secondary N) is 1. The van der Waals surface area contributed by atoms with Crippen molar-refractivity contribution >= 4 is 74.8 Å². The fraction of sp³-hybridized carbons (Fsp3) is 0.138. The van der Waals surface area contributed by atoms with E-state index in [1.165, 1.54) is 47.5 Å². The molecule has 0 radical (unpaired) electrons. The van der Waals surface area contributed by atoms with Gasteiger partial charge in [0, 0.05) is 86.8 Å². The Morgan fingerprint density at radius 1 is 0.439 bits per heavy atom. The molecule has 0 fully saturated rings. The van der Waals surface area contributed by atoms with Gasteiger partial charge in [-0.1, -0.05) is 48.5 Å². The van der Waals surface area contributed by atoms with E-state index in [1.54, 1.807) is 170 Å². The number of ether oxygens (including phenoxy) is 2. The number of nitrogens with two attached hydrogens (primary N) is 5. The average molecular weight is 1390 g/mol. The van der Waals surface area contributed by atoms with E-state index in [2.05, 4.69) is 80.9 Å². The van der Waals surface area contributed by atoms with Crippen molar-refractivity contribution < 1.29 is 52.2 Å². The monoisotopic (exact) mass is 1390 g/mol. The molecule has 0 aliphatic carbocycles. The molecule has 12 N–H and O–H groups in total. The summed E-state index contributed by atoms with van der Waals surface area (Å²) in [6.07, 6.45) is 5.93. The number of methoxy groups -OCH3 is 2. The Balaban J connectivity index is 0.000000175. The predicted molar refractivity (Wildman–Crippen MR) is 362 cm³/mol. The largest absolute Gasteiger partial charge is 0.465 e. The van der Waals surface area contributed by atoms with Crippen LogP contribution in [0.1, 0.15) is 68.0 Å². The molecule has 6 heterocycles. The van der Waals surface area contributed by atoms with E-state index in [1.807, 2.05) is 5.43 Å². The van der Waals surface area contributed by atoms with Crippen molar-refractivity contribution in [3.8, 4) is 79.8 Å². The van der Waals surface area contributed by atoms with Gasteiger partial charge in [0.05, 0.1) is 68.3 Å². The van der Waals surface area contributed by atoms with Gasteiger partial charge in [-0.3, -0.25) is 24.6 Å². The van der Waals surface area contributed by atoms with Crippen molar-refractivity contribution in [2.75, 3.05) is 79.4 Å². The Morgan fingerprint density at radius 3 is 1.15 bits per heavy atom. The van der Waals surface area contributed by atoms with Crippen LogP contribution in [0.2, 0.25) is 0 Å². The van der Waals surface area contributed by atoms with Gasteiger partial charge in [0.2, 0.25) is 11.8 Å². The van der Waals surface area contributed by atoms with Gasteiger partial charge in [-0.2, -0.15) is 0 Å². The number of carbonyl (C=O) groups excluding carboxylic acids is 6. The molecule has 0 unspecified atom stereocenters. The molecule has 4 amide bonds. The van der Waals surface area contributed by atoms with Gasteiger partial charge in [-0.25, -0.2) is 55.3 Å². The van der Waals surface area contributed by atoms with E-state index >= 15 is 0 Å². The number of nitrogens with zero attached hydrogens (tertiary/aromatic N) is 15. The number of anilines is 4. The van der Waals surface area contributed by atoms with E-state index in [-0.39, 0.29) is 88.0 Å². The third kappa shape index (κ3) is 17.5. The molecule has 0 atom stereocenters. The first-order valence-corrected chi connectivity index (χ1v) is 29.5. The lowest BCUT2D eigenvalue weighted by Gasteiger charge is -2.10. The zero-order chi connectivity index (χ0) is 70.9. The maximum absolute atomic E-state index is 12.1. The zero-order valence-corrected chi connectivity index (χ0v) is 55.2. The molecule has 11 rings (SSSR count). The molecule has 0 saturated carbocycles. The molecule has 5 aromatic carbocycles. The molecule has 6 aromatic heterocycles. The first-order valence-electron chi connectivity index (χ1n) is 28.7. The fourth-order valence-corrected chi connectivity index (χ4v) is 8.68. The highest BCUT2D eigenvalue weighted by Crippen LogP contribution is 2.31. The fourth-order valence-electron chi connectivity index (χ4n) is 8.40. The third-order valence-corrected chi connectivity index (χ3v) is 14.0. The van der Waals surface area contributed by atoms with Crippen molar-refractivity contribution in [3.05, 3.63) is 190 Å². The van der Waals surface area contributed by atoms with Gasteiger partial charge in [0.15, 0.2) is 46.0 Å². The molecule has 11 aromatic rings. The van der Waals surface area contributed by atoms with Gasteiger partial charge in [0.1, 0.15) is 4.60 Å². The number of nitrogen functional groups attached to an aromatic ring is 5. The van der Waals surface area contributed by atoms with Crippen molar-refractivity contribution in [3.63, 3.8) is 0 Å². The Bertz CT molecular complexity index is 4670. The number of benzene rings is 5. The molecule has 32 nitrogen and oxygen atoms in total. The van der Waals surface area contributed by atoms with Gasteiger partial charge < -0.3 is 61.0 Å². The summed E-state index contributed by atoms with van der Waals surface area (Å²) in [6, 6.07) is 34.5.